The topological polar surface area (TPSA) is 17.1 Å². The van der Waals surface area contributed by atoms with Gasteiger partial charge in [-0.2, -0.15) is 0 Å². The van der Waals surface area contributed by atoms with E-state index in [0.29, 0.717) is 12.3 Å². The van der Waals surface area contributed by atoms with E-state index in [-0.39, 0.29) is 0 Å². The molecule has 1 aliphatic rings. The van der Waals surface area contributed by atoms with Crippen LogP contribution >= 0.6 is 18.7 Å². The molecule has 0 N–H and O–H groups in total. The molecule has 0 aromatic heterocycles. The Morgan fingerprint density at radius 2 is 1.93 bits per heavy atom. The second-order valence-electron chi connectivity index (χ2n) is 4.04. The van der Waals surface area contributed by atoms with Gasteiger partial charge < -0.3 is 4.57 Å². The lowest BCUT2D eigenvalue weighted by molar-refractivity contribution is 0.580. The predicted octanol–water partition coefficient (Wildman–Crippen LogP) is 3.59. The molecule has 0 radical (unpaired) electrons. The highest BCUT2D eigenvalue weighted by molar-refractivity contribution is 7.71. The lowest BCUT2D eigenvalue weighted by atomic mass is 10.3. The molecule has 0 aliphatic carbocycles. The third-order valence-corrected chi connectivity index (χ3v) is 6.56. The Hall–Kier alpha value is -0.520. The summed E-state index contributed by atoms with van der Waals surface area (Å²) >= 11 is 6.04. The van der Waals surface area contributed by atoms with Crippen molar-refractivity contribution in [1.82, 2.24) is 0 Å². The molecule has 1 nitrogen and oxygen atoms in total. The maximum atomic E-state index is 12.7. The molecule has 1 heterocycles. The summed E-state index contributed by atoms with van der Waals surface area (Å²) in [5.41, 5.74) is 1.09. The summed E-state index contributed by atoms with van der Waals surface area (Å²) in [6.07, 6.45) is 2.13. The molecule has 2 rings (SSSR count). The number of hydrogen-bond donors (Lipinski definition) is 0. The standard InChI is InChI=1S/C12H14ClOP/c1-10-9-15(14,8-7-12(10)13)11-5-3-2-4-6-11/h2-6H,7-9H2,1H3. The Balaban J connectivity index is 2.35. The number of rotatable bonds is 1. The first kappa shape index (κ1) is 11.0. The van der Waals surface area contributed by atoms with Crippen molar-refractivity contribution in [2.24, 2.45) is 0 Å². The van der Waals surface area contributed by atoms with E-state index in [2.05, 4.69) is 0 Å². The van der Waals surface area contributed by atoms with Crippen LogP contribution in [0.5, 0.6) is 0 Å². The molecule has 80 valence electrons. The van der Waals surface area contributed by atoms with Crippen molar-refractivity contribution in [3.63, 3.8) is 0 Å². The van der Waals surface area contributed by atoms with E-state index < -0.39 is 7.14 Å². The molecule has 0 fully saturated rings. The minimum Gasteiger partial charge on any atom is -0.318 e. The highest BCUT2D eigenvalue weighted by atomic mass is 35.5. The van der Waals surface area contributed by atoms with Gasteiger partial charge in [-0.15, -0.1) is 0 Å². The maximum absolute atomic E-state index is 12.7. The fourth-order valence-electron chi connectivity index (χ4n) is 1.96. The molecule has 0 bridgehead atoms. The summed E-state index contributed by atoms with van der Waals surface area (Å²) in [5, 5.41) is 1.89. The monoisotopic (exact) mass is 240 g/mol. The highest BCUT2D eigenvalue weighted by Crippen LogP contribution is 2.51. The molecule has 0 saturated heterocycles. The Bertz CT molecular complexity index is 436. The van der Waals surface area contributed by atoms with Gasteiger partial charge in [0.15, 0.2) is 0 Å². The maximum Gasteiger partial charge on any atom is 0.119 e. The summed E-state index contributed by atoms with van der Waals surface area (Å²) in [5.74, 6) is 0. The lowest BCUT2D eigenvalue weighted by Gasteiger charge is -2.24. The Labute approximate surface area is 95.5 Å². The van der Waals surface area contributed by atoms with Crippen LogP contribution in [0.15, 0.2) is 40.9 Å². The van der Waals surface area contributed by atoms with E-state index in [1.165, 1.54) is 0 Å². The van der Waals surface area contributed by atoms with Crippen molar-refractivity contribution in [3.8, 4) is 0 Å². The summed E-state index contributed by atoms with van der Waals surface area (Å²) in [6.45, 7) is 1.98. The second-order valence-corrected chi connectivity index (χ2v) is 7.56. The molecule has 0 spiro atoms. The zero-order valence-electron chi connectivity index (χ0n) is 8.74. The zero-order valence-corrected chi connectivity index (χ0v) is 10.4. The number of benzene rings is 1. The van der Waals surface area contributed by atoms with Gasteiger partial charge in [-0.25, -0.2) is 0 Å². The van der Waals surface area contributed by atoms with Gasteiger partial charge >= 0.3 is 0 Å². The molecule has 1 aromatic carbocycles. The number of allylic oxidation sites excluding steroid dienone is 2. The Morgan fingerprint density at radius 1 is 1.27 bits per heavy atom. The first-order chi connectivity index (χ1) is 7.12. The van der Waals surface area contributed by atoms with Gasteiger partial charge in [0.1, 0.15) is 7.14 Å². The lowest BCUT2D eigenvalue weighted by Crippen LogP contribution is -2.15. The van der Waals surface area contributed by atoms with E-state index in [9.17, 15) is 4.57 Å². The first-order valence-electron chi connectivity index (χ1n) is 5.10. The fraction of sp³-hybridized carbons (Fsp3) is 0.333. The highest BCUT2D eigenvalue weighted by Gasteiger charge is 2.29. The van der Waals surface area contributed by atoms with Crippen LogP contribution in [0.4, 0.5) is 0 Å². The summed E-state index contributed by atoms with van der Waals surface area (Å²) in [6, 6.07) is 9.78. The van der Waals surface area contributed by atoms with Crippen LogP contribution < -0.4 is 5.30 Å². The smallest absolute Gasteiger partial charge is 0.119 e. The summed E-state index contributed by atoms with van der Waals surface area (Å²) in [4.78, 5) is 0. The molecular formula is C12H14ClOP. The van der Waals surface area contributed by atoms with Crippen LogP contribution in [0, 0.1) is 0 Å². The van der Waals surface area contributed by atoms with Gasteiger partial charge in [-0.05, 0) is 13.3 Å². The fourth-order valence-corrected chi connectivity index (χ4v) is 5.20. The summed E-state index contributed by atoms with van der Waals surface area (Å²) in [7, 11) is -2.20. The molecular weight excluding hydrogens is 227 g/mol. The van der Waals surface area contributed by atoms with Crippen molar-refractivity contribution < 1.29 is 4.57 Å². The van der Waals surface area contributed by atoms with Crippen LogP contribution in [0.2, 0.25) is 0 Å². The van der Waals surface area contributed by atoms with Gasteiger partial charge in [0.2, 0.25) is 0 Å². The van der Waals surface area contributed by atoms with Crippen LogP contribution in [-0.2, 0) is 4.57 Å². The molecule has 1 aliphatic heterocycles. The van der Waals surface area contributed by atoms with Crippen molar-refractivity contribution in [2.75, 3.05) is 12.3 Å². The molecule has 3 heteroatoms. The van der Waals surface area contributed by atoms with Crippen LogP contribution in [-0.4, -0.2) is 12.3 Å². The Morgan fingerprint density at radius 3 is 2.53 bits per heavy atom. The van der Waals surface area contributed by atoms with E-state index in [0.717, 1.165) is 22.3 Å². The quantitative estimate of drug-likeness (QED) is 0.686. The van der Waals surface area contributed by atoms with Gasteiger partial charge in [-0.1, -0.05) is 47.5 Å². The largest absolute Gasteiger partial charge is 0.318 e. The van der Waals surface area contributed by atoms with Crippen molar-refractivity contribution >= 4 is 24.0 Å². The van der Waals surface area contributed by atoms with Crippen molar-refractivity contribution in [3.05, 3.63) is 40.9 Å². The third-order valence-electron chi connectivity index (χ3n) is 2.87. The predicted molar refractivity (Wildman–Crippen MR) is 66.6 cm³/mol. The zero-order chi connectivity index (χ0) is 10.9. The van der Waals surface area contributed by atoms with Crippen LogP contribution in [0.1, 0.15) is 13.3 Å². The normalized spacial score (nSPS) is 26.8. The second kappa shape index (κ2) is 4.15. The molecule has 0 amide bonds. The molecule has 0 saturated carbocycles. The van der Waals surface area contributed by atoms with Gasteiger partial charge in [-0.3, -0.25) is 0 Å². The van der Waals surface area contributed by atoms with E-state index in [4.69, 9.17) is 11.6 Å². The molecule has 15 heavy (non-hydrogen) atoms. The minimum absolute atomic E-state index is 0.649. The minimum atomic E-state index is -2.20. The van der Waals surface area contributed by atoms with Gasteiger partial charge in [0.25, 0.3) is 0 Å². The first-order valence-corrected chi connectivity index (χ1v) is 7.55. The van der Waals surface area contributed by atoms with E-state index in [1.54, 1.807) is 0 Å². The van der Waals surface area contributed by atoms with Gasteiger partial charge in [0.05, 0.1) is 0 Å². The third kappa shape index (κ3) is 2.19. The Kier molecular flexibility index (Phi) is 3.04. The molecule has 1 atom stereocenters. The van der Waals surface area contributed by atoms with E-state index in [1.807, 2.05) is 37.3 Å². The molecule has 1 unspecified atom stereocenters. The SMILES string of the molecule is CC1=C(Cl)CCP(=O)(c2ccccc2)C1. The average molecular weight is 241 g/mol. The average Bonchev–Trinajstić information content (AvgIpc) is 2.26. The number of hydrogen-bond acceptors (Lipinski definition) is 1. The summed E-state index contributed by atoms with van der Waals surface area (Å²) < 4.78 is 12.7. The van der Waals surface area contributed by atoms with Crippen LogP contribution in [0.25, 0.3) is 0 Å². The van der Waals surface area contributed by atoms with Gasteiger partial charge in [0, 0.05) is 22.7 Å². The van der Waals surface area contributed by atoms with Crippen molar-refractivity contribution in [2.45, 2.75) is 13.3 Å². The number of halogens is 1. The van der Waals surface area contributed by atoms with E-state index >= 15 is 0 Å². The molecule has 1 aromatic rings. The van der Waals surface area contributed by atoms with Crippen molar-refractivity contribution in [1.29, 1.82) is 0 Å². The van der Waals surface area contributed by atoms with Crippen LogP contribution in [0.3, 0.4) is 0 Å².